The molecule has 1 atom stereocenters. The Morgan fingerprint density at radius 1 is 1.36 bits per heavy atom. The molecule has 1 saturated heterocycles. The number of hydrogen-bond donors (Lipinski definition) is 3. The maximum absolute atomic E-state index is 11.7. The highest BCUT2D eigenvalue weighted by molar-refractivity contribution is 5.94. The van der Waals surface area contributed by atoms with Gasteiger partial charge < -0.3 is 16.0 Å². The van der Waals surface area contributed by atoms with E-state index in [9.17, 15) is 4.79 Å². The van der Waals surface area contributed by atoms with Gasteiger partial charge in [0.25, 0.3) is 5.91 Å². The van der Waals surface area contributed by atoms with Gasteiger partial charge >= 0.3 is 0 Å². The summed E-state index contributed by atoms with van der Waals surface area (Å²) >= 11 is 0. The van der Waals surface area contributed by atoms with E-state index in [0.717, 1.165) is 37.6 Å². The lowest BCUT2D eigenvalue weighted by atomic mass is 10.1. The van der Waals surface area contributed by atoms with Gasteiger partial charge in [-0.15, -0.1) is 0 Å². The van der Waals surface area contributed by atoms with Crippen molar-refractivity contribution in [1.82, 2.24) is 20.9 Å². The first kappa shape index (κ1) is 19.2. The molecule has 1 aromatic rings. The van der Waals surface area contributed by atoms with Crippen molar-refractivity contribution in [3.8, 4) is 0 Å². The van der Waals surface area contributed by atoms with Gasteiger partial charge in [-0.3, -0.25) is 14.7 Å². The van der Waals surface area contributed by atoms with Crippen LogP contribution in [-0.2, 0) is 6.42 Å². The van der Waals surface area contributed by atoms with Gasteiger partial charge in [0, 0.05) is 38.8 Å². The van der Waals surface area contributed by atoms with E-state index in [1.165, 1.54) is 19.4 Å². The van der Waals surface area contributed by atoms with Crippen LogP contribution in [0.3, 0.4) is 0 Å². The standard InChI is InChI=1S/C19H31N5O/c1-4-24-12-6-9-17(24)14-23-19(21-3)22-11-10-15-7-5-8-16(13-15)18(25)20-2/h5,7-8,13,17H,4,6,9-12,14H2,1-3H3,(H,20,25)(H2,21,22,23). The maximum atomic E-state index is 11.7. The summed E-state index contributed by atoms with van der Waals surface area (Å²) in [5, 5.41) is 9.45. The molecule has 6 nitrogen and oxygen atoms in total. The van der Waals surface area contributed by atoms with Gasteiger partial charge in [0.2, 0.25) is 0 Å². The monoisotopic (exact) mass is 345 g/mol. The Balaban J connectivity index is 1.76. The van der Waals surface area contributed by atoms with Crippen molar-refractivity contribution in [3.05, 3.63) is 35.4 Å². The molecule has 6 heteroatoms. The summed E-state index contributed by atoms with van der Waals surface area (Å²) in [6.45, 7) is 6.24. The zero-order valence-corrected chi connectivity index (χ0v) is 15.6. The largest absolute Gasteiger partial charge is 0.356 e. The Hall–Kier alpha value is -2.08. The molecular formula is C19H31N5O. The van der Waals surface area contributed by atoms with E-state index < -0.39 is 0 Å². The van der Waals surface area contributed by atoms with Crippen LogP contribution in [0.2, 0.25) is 0 Å². The molecule has 1 heterocycles. The Bertz CT molecular complexity index is 587. The van der Waals surface area contributed by atoms with Gasteiger partial charge in [-0.1, -0.05) is 19.1 Å². The third kappa shape index (κ3) is 5.74. The summed E-state index contributed by atoms with van der Waals surface area (Å²) in [7, 11) is 3.45. The van der Waals surface area contributed by atoms with Crippen molar-refractivity contribution in [1.29, 1.82) is 0 Å². The van der Waals surface area contributed by atoms with E-state index in [4.69, 9.17) is 0 Å². The third-order valence-electron chi connectivity index (χ3n) is 4.76. The minimum Gasteiger partial charge on any atom is -0.356 e. The second-order valence-electron chi connectivity index (χ2n) is 6.33. The second kappa shape index (κ2) is 10.0. The van der Waals surface area contributed by atoms with Crippen molar-refractivity contribution < 1.29 is 4.79 Å². The molecule has 0 radical (unpaired) electrons. The van der Waals surface area contributed by atoms with Crippen LogP contribution in [0.1, 0.15) is 35.7 Å². The van der Waals surface area contributed by atoms with Gasteiger partial charge in [-0.25, -0.2) is 0 Å². The Morgan fingerprint density at radius 2 is 2.20 bits per heavy atom. The second-order valence-corrected chi connectivity index (χ2v) is 6.33. The molecule has 0 aliphatic carbocycles. The molecule has 0 aromatic heterocycles. The van der Waals surface area contributed by atoms with Crippen molar-refractivity contribution >= 4 is 11.9 Å². The zero-order chi connectivity index (χ0) is 18.1. The van der Waals surface area contributed by atoms with E-state index in [1.807, 2.05) is 24.3 Å². The van der Waals surface area contributed by atoms with Crippen LogP contribution in [0, 0.1) is 0 Å². The average molecular weight is 345 g/mol. The zero-order valence-electron chi connectivity index (χ0n) is 15.6. The van der Waals surface area contributed by atoms with Crippen molar-refractivity contribution in [3.63, 3.8) is 0 Å². The summed E-state index contributed by atoms with van der Waals surface area (Å²) in [6.07, 6.45) is 3.38. The number of benzene rings is 1. The highest BCUT2D eigenvalue weighted by Crippen LogP contribution is 2.15. The van der Waals surface area contributed by atoms with Crippen LogP contribution in [0.25, 0.3) is 0 Å². The summed E-state index contributed by atoms with van der Waals surface area (Å²) in [5.41, 5.74) is 1.83. The lowest BCUT2D eigenvalue weighted by molar-refractivity contribution is 0.0963. The van der Waals surface area contributed by atoms with Crippen LogP contribution >= 0.6 is 0 Å². The van der Waals surface area contributed by atoms with Gasteiger partial charge in [0.1, 0.15) is 0 Å². The molecule has 0 spiro atoms. The molecule has 1 unspecified atom stereocenters. The Kier molecular flexibility index (Phi) is 7.73. The summed E-state index contributed by atoms with van der Waals surface area (Å²) < 4.78 is 0. The lowest BCUT2D eigenvalue weighted by Gasteiger charge is -2.24. The van der Waals surface area contributed by atoms with E-state index in [-0.39, 0.29) is 5.91 Å². The number of aliphatic imine (C=N–C) groups is 1. The highest BCUT2D eigenvalue weighted by atomic mass is 16.1. The fourth-order valence-corrected chi connectivity index (χ4v) is 3.32. The number of carbonyl (C=O) groups excluding carboxylic acids is 1. The molecule has 25 heavy (non-hydrogen) atoms. The molecule has 1 aliphatic rings. The molecular weight excluding hydrogens is 314 g/mol. The minimum atomic E-state index is -0.0515. The maximum Gasteiger partial charge on any atom is 0.251 e. The van der Waals surface area contributed by atoms with E-state index in [2.05, 4.69) is 32.8 Å². The number of carbonyl (C=O) groups is 1. The van der Waals surface area contributed by atoms with Crippen LogP contribution in [0.5, 0.6) is 0 Å². The fraction of sp³-hybridized carbons (Fsp3) is 0.579. The molecule has 1 fully saturated rings. The van der Waals surface area contributed by atoms with Crippen molar-refractivity contribution in [2.24, 2.45) is 4.99 Å². The molecule has 1 aromatic carbocycles. The van der Waals surface area contributed by atoms with Crippen LogP contribution < -0.4 is 16.0 Å². The number of guanidine groups is 1. The molecule has 138 valence electrons. The quantitative estimate of drug-likeness (QED) is 0.514. The van der Waals surface area contributed by atoms with Crippen LogP contribution in [-0.4, -0.2) is 63.1 Å². The molecule has 3 N–H and O–H groups in total. The van der Waals surface area contributed by atoms with Gasteiger partial charge in [0.05, 0.1) is 0 Å². The lowest BCUT2D eigenvalue weighted by Crippen LogP contribution is -2.45. The normalized spacial score (nSPS) is 18.2. The van der Waals surface area contributed by atoms with Crippen LogP contribution in [0.15, 0.2) is 29.3 Å². The van der Waals surface area contributed by atoms with E-state index >= 15 is 0 Å². The first-order valence-electron chi connectivity index (χ1n) is 9.17. The molecule has 0 bridgehead atoms. The number of rotatable bonds is 7. The summed E-state index contributed by atoms with van der Waals surface area (Å²) in [4.78, 5) is 18.5. The van der Waals surface area contributed by atoms with Gasteiger partial charge in [-0.05, 0) is 50.0 Å². The van der Waals surface area contributed by atoms with Crippen molar-refractivity contribution in [2.45, 2.75) is 32.2 Å². The van der Waals surface area contributed by atoms with Crippen molar-refractivity contribution in [2.75, 3.05) is 40.3 Å². The predicted molar refractivity (Wildman–Crippen MR) is 103 cm³/mol. The number of amides is 1. The SMILES string of the molecule is CCN1CCCC1CNC(=NC)NCCc1cccc(C(=O)NC)c1. The predicted octanol–water partition coefficient (Wildman–Crippen LogP) is 1.24. The van der Waals surface area contributed by atoms with E-state index in [0.29, 0.717) is 11.6 Å². The molecule has 2 rings (SSSR count). The molecule has 1 amide bonds. The topological polar surface area (TPSA) is 68.8 Å². The highest BCUT2D eigenvalue weighted by Gasteiger charge is 2.22. The fourth-order valence-electron chi connectivity index (χ4n) is 3.32. The Labute approximate surface area is 151 Å². The van der Waals surface area contributed by atoms with Crippen LogP contribution in [0.4, 0.5) is 0 Å². The summed E-state index contributed by atoms with van der Waals surface area (Å²) in [6, 6.07) is 8.34. The van der Waals surface area contributed by atoms with Gasteiger partial charge in [0.15, 0.2) is 5.96 Å². The van der Waals surface area contributed by atoms with E-state index in [1.54, 1.807) is 14.1 Å². The van der Waals surface area contributed by atoms with Gasteiger partial charge in [-0.2, -0.15) is 0 Å². The molecule has 1 aliphatic heterocycles. The number of nitrogens with one attached hydrogen (secondary N) is 3. The first-order chi connectivity index (χ1) is 12.2. The number of hydrogen-bond acceptors (Lipinski definition) is 3. The third-order valence-corrected chi connectivity index (χ3v) is 4.76. The Morgan fingerprint density at radius 3 is 2.92 bits per heavy atom. The average Bonchev–Trinajstić information content (AvgIpc) is 3.11. The number of likely N-dealkylation sites (N-methyl/N-ethyl adjacent to an activating group) is 1. The number of nitrogens with zero attached hydrogens (tertiary/aromatic N) is 2. The number of likely N-dealkylation sites (tertiary alicyclic amines) is 1. The molecule has 0 saturated carbocycles. The first-order valence-corrected chi connectivity index (χ1v) is 9.17. The smallest absolute Gasteiger partial charge is 0.251 e. The minimum absolute atomic E-state index is 0.0515. The summed E-state index contributed by atoms with van der Waals surface area (Å²) in [5.74, 6) is 0.787.